The summed E-state index contributed by atoms with van der Waals surface area (Å²) in [6, 6.07) is 3.19. The molecule has 21 heavy (non-hydrogen) atoms. The van der Waals surface area contributed by atoms with Crippen LogP contribution in [0.25, 0.3) is 0 Å². The van der Waals surface area contributed by atoms with E-state index in [1.165, 1.54) is 12.4 Å². The number of rotatable bonds is 7. The van der Waals surface area contributed by atoms with E-state index in [2.05, 4.69) is 25.2 Å². The first-order valence-corrected chi connectivity index (χ1v) is 7.83. The van der Waals surface area contributed by atoms with Crippen LogP contribution in [0.5, 0.6) is 5.88 Å². The van der Waals surface area contributed by atoms with Gasteiger partial charge in [-0.1, -0.05) is 0 Å². The number of aromatic amines is 1. The van der Waals surface area contributed by atoms with Crippen molar-refractivity contribution in [2.75, 3.05) is 18.4 Å². The van der Waals surface area contributed by atoms with Crippen molar-refractivity contribution < 1.29 is 13.2 Å². The third-order valence-corrected chi connectivity index (χ3v) is 3.99. The highest BCUT2D eigenvalue weighted by Crippen LogP contribution is 2.18. The summed E-state index contributed by atoms with van der Waals surface area (Å²) in [5.74, 6) is 0.442. The Labute approximate surface area is 123 Å². The normalized spacial score (nSPS) is 11.3. The van der Waals surface area contributed by atoms with E-state index in [0.717, 1.165) is 0 Å². The average molecular weight is 311 g/mol. The largest absolute Gasteiger partial charge is 0.478 e. The lowest BCUT2D eigenvalue weighted by molar-refractivity contribution is 0.327. The van der Waals surface area contributed by atoms with Crippen LogP contribution in [0.2, 0.25) is 0 Å². The fraction of sp³-hybridized carbons (Fsp3) is 0.333. The van der Waals surface area contributed by atoms with Crippen LogP contribution in [0.4, 0.5) is 5.69 Å². The molecule has 2 aromatic heterocycles. The van der Waals surface area contributed by atoms with Crippen LogP contribution < -0.4 is 14.8 Å². The molecule has 0 aliphatic rings. The van der Waals surface area contributed by atoms with E-state index in [1.807, 2.05) is 6.92 Å². The molecule has 8 nitrogen and oxygen atoms in total. The van der Waals surface area contributed by atoms with Crippen molar-refractivity contribution in [1.82, 2.24) is 20.5 Å². The number of hydrogen-bond donors (Lipinski definition) is 3. The molecule has 0 aliphatic carbocycles. The van der Waals surface area contributed by atoms with Crippen molar-refractivity contribution in [3.63, 3.8) is 0 Å². The molecule has 0 saturated carbocycles. The van der Waals surface area contributed by atoms with Gasteiger partial charge in [-0.2, -0.15) is 13.5 Å². The minimum Gasteiger partial charge on any atom is -0.478 e. The molecule has 3 N–H and O–H groups in total. The van der Waals surface area contributed by atoms with E-state index in [0.29, 0.717) is 30.3 Å². The lowest BCUT2D eigenvalue weighted by Gasteiger charge is -2.08. The Balaban J connectivity index is 2.18. The van der Waals surface area contributed by atoms with Gasteiger partial charge in [0.05, 0.1) is 24.7 Å². The number of pyridine rings is 1. The molecule has 0 bridgehead atoms. The molecular weight excluding hydrogens is 294 g/mol. The minimum absolute atomic E-state index is 0.0331. The smallest absolute Gasteiger partial charge is 0.279 e. The number of hydrogen-bond acceptors (Lipinski definition) is 6. The zero-order valence-corrected chi connectivity index (χ0v) is 12.6. The maximum Gasteiger partial charge on any atom is 0.279 e. The molecule has 0 fully saturated rings. The third-order valence-electron chi connectivity index (χ3n) is 2.59. The van der Waals surface area contributed by atoms with Gasteiger partial charge in [-0.15, -0.1) is 0 Å². The Morgan fingerprint density at radius 3 is 2.76 bits per heavy atom. The number of aromatic nitrogens is 3. The zero-order chi connectivity index (χ0) is 15.3. The summed E-state index contributed by atoms with van der Waals surface area (Å²) in [5, 5.41) is 9.18. The van der Waals surface area contributed by atoms with Gasteiger partial charge in [-0.3, -0.25) is 9.82 Å². The van der Waals surface area contributed by atoms with Crippen molar-refractivity contribution in [3.05, 3.63) is 30.1 Å². The standard InChI is InChI=1S/C12H17N5O3S/c1-3-20-11-5-4-10(8-14-11)17-21(18,19)12-9(6-13-2)7-15-16-12/h4-5,7-8,13,17H,3,6H2,1-2H3,(H,15,16). The van der Waals surface area contributed by atoms with Gasteiger partial charge in [0.1, 0.15) is 0 Å². The molecule has 2 aromatic rings. The van der Waals surface area contributed by atoms with Crippen LogP contribution in [0.1, 0.15) is 12.5 Å². The molecular formula is C12H17N5O3S. The molecule has 0 aromatic carbocycles. The number of ether oxygens (including phenoxy) is 1. The van der Waals surface area contributed by atoms with E-state index in [4.69, 9.17) is 4.74 Å². The number of nitrogens with zero attached hydrogens (tertiary/aromatic N) is 2. The summed E-state index contributed by atoms with van der Waals surface area (Å²) in [7, 11) is -2.01. The minimum atomic E-state index is -3.74. The second kappa shape index (κ2) is 6.55. The second-order valence-electron chi connectivity index (χ2n) is 4.18. The summed E-state index contributed by atoms with van der Waals surface area (Å²) in [4.78, 5) is 4.01. The summed E-state index contributed by atoms with van der Waals surface area (Å²) < 4.78 is 32.2. The zero-order valence-electron chi connectivity index (χ0n) is 11.8. The Bertz CT molecular complexity index is 681. The molecule has 9 heteroatoms. The van der Waals surface area contributed by atoms with Gasteiger partial charge in [0.25, 0.3) is 10.0 Å². The predicted octanol–water partition coefficient (Wildman–Crippen LogP) is 0.724. The molecule has 0 unspecified atom stereocenters. The van der Waals surface area contributed by atoms with Crippen molar-refractivity contribution in [2.45, 2.75) is 18.5 Å². The van der Waals surface area contributed by atoms with Crippen LogP contribution in [-0.4, -0.2) is 37.3 Å². The van der Waals surface area contributed by atoms with E-state index < -0.39 is 10.0 Å². The first-order valence-electron chi connectivity index (χ1n) is 6.35. The van der Waals surface area contributed by atoms with Crippen molar-refractivity contribution >= 4 is 15.7 Å². The highest BCUT2D eigenvalue weighted by molar-refractivity contribution is 7.92. The molecule has 0 aliphatic heterocycles. The molecule has 0 radical (unpaired) electrons. The SMILES string of the molecule is CCOc1ccc(NS(=O)(=O)c2[nH]ncc2CNC)cn1. The predicted molar refractivity (Wildman–Crippen MR) is 77.6 cm³/mol. The van der Waals surface area contributed by atoms with Crippen LogP contribution in [0.15, 0.2) is 29.6 Å². The van der Waals surface area contributed by atoms with Crippen molar-refractivity contribution in [3.8, 4) is 5.88 Å². The quantitative estimate of drug-likeness (QED) is 0.695. The highest BCUT2D eigenvalue weighted by atomic mass is 32.2. The fourth-order valence-electron chi connectivity index (χ4n) is 1.73. The van der Waals surface area contributed by atoms with Gasteiger partial charge in [0, 0.05) is 18.2 Å². The van der Waals surface area contributed by atoms with Gasteiger partial charge in [0.15, 0.2) is 5.03 Å². The van der Waals surface area contributed by atoms with Crippen LogP contribution >= 0.6 is 0 Å². The van der Waals surface area contributed by atoms with Crippen LogP contribution in [-0.2, 0) is 16.6 Å². The van der Waals surface area contributed by atoms with Gasteiger partial charge >= 0.3 is 0 Å². The van der Waals surface area contributed by atoms with Gasteiger partial charge in [-0.05, 0) is 20.0 Å². The highest BCUT2D eigenvalue weighted by Gasteiger charge is 2.20. The van der Waals surface area contributed by atoms with Gasteiger partial charge in [0.2, 0.25) is 5.88 Å². The number of H-pyrrole nitrogens is 1. The van der Waals surface area contributed by atoms with Crippen LogP contribution in [0.3, 0.4) is 0 Å². The lowest BCUT2D eigenvalue weighted by Crippen LogP contribution is -2.17. The first kappa shape index (κ1) is 15.3. The number of nitrogens with one attached hydrogen (secondary N) is 3. The van der Waals surface area contributed by atoms with Crippen molar-refractivity contribution in [1.29, 1.82) is 0 Å². The summed E-state index contributed by atoms with van der Waals surface area (Å²) in [5.41, 5.74) is 0.910. The van der Waals surface area contributed by atoms with Gasteiger partial charge in [-0.25, -0.2) is 4.98 Å². The fourth-order valence-corrected chi connectivity index (χ4v) is 2.90. The molecule has 2 heterocycles. The molecule has 0 spiro atoms. The first-order chi connectivity index (χ1) is 10.1. The average Bonchev–Trinajstić information content (AvgIpc) is 2.91. The topological polar surface area (TPSA) is 109 Å². The maximum absolute atomic E-state index is 12.3. The Morgan fingerprint density at radius 2 is 2.14 bits per heavy atom. The Morgan fingerprint density at radius 1 is 1.33 bits per heavy atom. The number of sulfonamides is 1. The number of anilines is 1. The third kappa shape index (κ3) is 3.70. The van der Waals surface area contributed by atoms with E-state index in [-0.39, 0.29) is 5.03 Å². The summed E-state index contributed by atoms with van der Waals surface area (Å²) in [6.07, 6.45) is 2.87. The van der Waals surface area contributed by atoms with E-state index in [9.17, 15) is 8.42 Å². The summed E-state index contributed by atoms with van der Waals surface area (Å²) >= 11 is 0. The molecule has 0 amide bonds. The molecule has 0 saturated heterocycles. The van der Waals surface area contributed by atoms with Crippen molar-refractivity contribution in [2.24, 2.45) is 0 Å². The molecule has 114 valence electrons. The molecule has 0 atom stereocenters. The summed E-state index contributed by atoms with van der Waals surface area (Å²) in [6.45, 7) is 2.74. The monoisotopic (exact) mass is 311 g/mol. The second-order valence-corrected chi connectivity index (χ2v) is 5.80. The van der Waals surface area contributed by atoms with E-state index >= 15 is 0 Å². The molecule has 2 rings (SSSR count). The van der Waals surface area contributed by atoms with Crippen LogP contribution in [0, 0.1) is 0 Å². The van der Waals surface area contributed by atoms with Gasteiger partial charge < -0.3 is 10.1 Å². The maximum atomic E-state index is 12.3. The Hall–Kier alpha value is -2.13. The Kier molecular flexibility index (Phi) is 4.76. The lowest BCUT2D eigenvalue weighted by atomic mass is 10.4. The van der Waals surface area contributed by atoms with E-state index in [1.54, 1.807) is 19.2 Å².